The molecule has 3 rings (SSSR count). The molecule has 0 atom stereocenters. The maximum Gasteiger partial charge on any atom is 0.255 e. The highest BCUT2D eigenvalue weighted by molar-refractivity contribution is 9.10. The predicted molar refractivity (Wildman–Crippen MR) is 117 cm³/mol. The Balaban J connectivity index is 1.67. The third-order valence-corrected chi connectivity index (χ3v) is 5.73. The van der Waals surface area contributed by atoms with Crippen LogP contribution in [0.25, 0.3) is 0 Å². The second kappa shape index (κ2) is 9.37. The van der Waals surface area contributed by atoms with Crippen molar-refractivity contribution in [3.8, 4) is 0 Å². The molecule has 0 unspecified atom stereocenters. The summed E-state index contributed by atoms with van der Waals surface area (Å²) >= 11 is 4.73. The molecular weight excluding hydrogens is 457 g/mol. The number of benzene rings is 2. The van der Waals surface area contributed by atoms with E-state index in [0.717, 1.165) is 15.6 Å². The number of rotatable bonds is 6. The van der Waals surface area contributed by atoms with Gasteiger partial charge in [-0.3, -0.25) is 9.59 Å². The minimum atomic E-state index is -0.332. The van der Waals surface area contributed by atoms with Crippen LogP contribution in [-0.4, -0.2) is 15.9 Å². The van der Waals surface area contributed by atoms with E-state index in [1.54, 1.807) is 19.1 Å². The van der Waals surface area contributed by atoms with Gasteiger partial charge in [-0.05, 0) is 55.3 Å². The van der Waals surface area contributed by atoms with Crippen LogP contribution in [0.15, 0.2) is 56.9 Å². The number of aromatic amines is 1. The van der Waals surface area contributed by atoms with Crippen molar-refractivity contribution in [3.63, 3.8) is 0 Å². The number of aryl methyl sites for hydroxylation is 2. The molecule has 8 heteroatoms. The number of thioether (sulfide) groups is 1. The normalized spacial score (nSPS) is 10.8. The minimum Gasteiger partial charge on any atom is -0.326 e. The van der Waals surface area contributed by atoms with Gasteiger partial charge < -0.3 is 10.3 Å². The molecule has 0 aliphatic heterocycles. The molecule has 3 aromatic rings. The summed E-state index contributed by atoms with van der Waals surface area (Å²) in [6.45, 7) is 3.61. The van der Waals surface area contributed by atoms with Gasteiger partial charge in [-0.25, -0.2) is 9.37 Å². The molecular formula is C21H19BrFN3O2S. The quantitative estimate of drug-likeness (QED) is 0.398. The van der Waals surface area contributed by atoms with E-state index in [9.17, 15) is 14.0 Å². The first-order chi connectivity index (χ1) is 13.8. The van der Waals surface area contributed by atoms with Crippen LogP contribution in [0.5, 0.6) is 0 Å². The molecule has 0 fully saturated rings. The molecule has 0 spiro atoms. The number of hydrogen-bond acceptors (Lipinski definition) is 4. The Morgan fingerprint density at radius 3 is 2.59 bits per heavy atom. The lowest BCUT2D eigenvalue weighted by Gasteiger charge is -2.10. The van der Waals surface area contributed by atoms with Crippen LogP contribution in [0.1, 0.15) is 22.4 Å². The summed E-state index contributed by atoms with van der Waals surface area (Å²) < 4.78 is 13.9. The van der Waals surface area contributed by atoms with Crippen molar-refractivity contribution >= 4 is 39.3 Å². The fourth-order valence-corrected chi connectivity index (χ4v) is 4.05. The number of aromatic nitrogens is 2. The minimum absolute atomic E-state index is 0.0629. The highest BCUT2D eigenvalue weighted by Crippen LogP contribution is 2.21. The highest BCUT2D eigenvalue weighted by Gasteiger charge is 2.14. The number of carbonyl (C=O) groups excluding carboxylic acids is 1. The Morgan fingerprint density at radius 2 is 1.93 bits per heavy atom. The smallest absolute Gasteiger partial charge is 0.255 e. The fourth-order valence-electron chi connectivity index (χ4n) is 2.72. The first-order valence-electron chi connectivity index (χ1n) is 8.85. The van der Waals surface area contributed by atoms with E-state index in [2.05, 4.69) is 31.2 Å². The van der Waals surface area contributed by atoms with Crippen LogP contribution in [0.2, 0.25) is 0 Å². The van der Waals surface area contributed by atoms with Gasteiger partial charge in [-0.15, -0.1) is 0 Å². The molecule has 1 heterocycles. The summed E-state index contributed by atoms with van der Waals surface area (Å²) in [5.41, 5.74) is 3.06. The number of carbonyl (C=O) groups is 1. The molecule has 29 heavy (non-hydrogen) atoms. The van der Waals surface area contributed by atoms with E-state index in [1.165, 1.54) is 23.9 Å². The maximum absolute atomic E-state index is 13.0. The van der Waals surface area contributed by atoms with Crippen molar-refractivity contribution in [2.75, 3.05) is 5.32 Å². The maximum atomic E-state index is 13.0. The Bertz CT molecular complexity index is 1100. The summed E-state index contributed by atoms with van der Waals surface area (Å²) in [6.07, 6.45) is -0.0629. The average Bonchev–Trinajstić information content (AvgIpc) is 2.66. The Morgan fingerprint density at radius 1 is 1.21 bits per heavy atom. The lowest BCUT2D eigenvalue weighted by atomic mass is 10.1. The summed E-state index contributed by atoms with van der Waals surface area (Å²) in [4.78, 5) is 32.0. The van der Waals surface area contributed by atoms with Crippen molar-refractivity contribution in [3.05, 3.63) is 85.5 Å². The zero-order valence-corrected chi connectivity index (χ0v) is 18.3. The molecule has 2 aromatic carbocycles. The van der Waals surface area contributed by atoms with Gasteiger partial charge in [-0.2, -0.15) is 0 Å². The highest BCUT2D eigenvalue weighted by atomic mass is 79.9. The van der Waals surface area contributed by atoms with E-state index < -0.39 is 0 Å². The largest absolute Gasteiger partial charge is 0.326 e. The Hall–Kier alpha value is -2.45. The zero-order valence-electron chi connectivity index (χ0n) is 15.9. The summed E-state index contributed by atoms with van der Waals surface area (Å²) in [5, 5.41) is 3.29. The lowest BCUT2D eigenvalue weighted by Crippen LogP contribution is -2.24. The van der Waals surface area contributed by atoms with Gasteiger partial charge in [0.15, 0.2) is 5.16 Å². The van der Waals surface area contributed by atoms with Gasteiger partial charge in [0.25, 0.3) is 5.56 Å². The second-order valence-corrected chi connectivity index (χ2v) is 8.41. The number of hydrogen-bond donors (Lipinski definition) is 2. The van der Waals surface area contributed by atoms with Gasteiger partial charge in [0, 0.05) is 27.2 Å². The standard InChI is InChI=1S/C21H19BrFN3O2S/c1-12-9-15(22)5-8-18(12)25-19(27)10-17-13(2)24-21(26-20(17)28)29-11-14-3-6-16(23)7-4-14/h3-9H,10-11H2,1-2H3,(H,25,27)(H,24,26,28). The van der Waals surface area contributed by atoms with Gasteiger partial charge >= 0.3 is 0 Å². The monoisotopic (exact) mass is 475 g/mol. The zero-order chi connectivity index (χ0) is 21.0. The van der Waals surface area contributed by atoms with Crippen molar-refractivity contribution in [1.82, 2.24) is 9.97 Å². The van der Waals surface area contributed by atoms with E-state index in [0.29, 0.717) is 27.9 Å². The van der Waals surface area contributed by atoms with Gasteiger partial charge in [0.1, 0.15) is 5.82 Å². The number of H-pyrrole nitrogens is 1. The van der Waals surface area contributed by atoms with Crippen molar-refractivity contribution < 1.29 is 9.18 Å². The molecule has 0 saturated carbocycles. The van der Waals surface area contributed by atoms with E-state index in [-0.39, 0.29) is 23.7 Å². The van der Waals surface area contributed by atoms with Crippen LogP contribution in [0, 0.1) is 19.7 Å². The predicted octanol–water partition coefficient (Wildman–Crippen LogP) is 4.76. The molecule has 0 bridgehead atoms. The van der Waals surface area contributed by atoms with E-state index in [4.69, 9.17) is 0 Å². The average molecular weight is 476 g/mol. The van der Waals surface area contributed by atoms with Crippen LogP contribution < -0.4 is 10.9 Å². The van der Waals surface area contributed by atoms with Gasteiger partial charge in [0.2, 0.25) is 5.91 Å². The van der Waals surface area contributed by atoms with E-state index >= 15 is 0 Å². The number of halogens is 2. The molecule has 0 aliphatic rings. The van der Waals surface area contributed by atoms with Crippen LogP contribution in [0.3, 0.4) is 0 Å². The van der Waals surface area contributed by atoms with Crippen LogP contribution >= 0.6 is 27.7 Å². The molecule has 150 valence electrons. The third kappa shape index (κ3) is 5.77. The number of nitrogens with zero attached hydrogens (tertiary/aromatic N) is 1. The Kier molecular flexibility index (Phi) is 6.87. The summed E-state index contributed by atoms with van der Waals surface area (Å²) in [7, 11) is 0. The molecule has 1 amide bonds. The van der Waals surface area contributed by atoms with Crippen LogP contribution in [0.4, 0.5) is 10.1 Å². The summed E-state index contributed by atoms with van der Waals surface area (Å²) in [6, 6.07) is 11.7. The van der Waals surface area contributed by atoms with Crippen molar-refractivity contribution in [2.24, 2.45) is 0 Å². The SMILES string of the molecule is Cc1cc(Br)ccc1NC(=O)Cc1c(C)nc(SCc2ccc(F)cc2)[nH]c1=O. The third-order valence-electron chi connectivity index (χ3n) is 4.29. The second-order valence-electron chi connectivity index (χ2n) is 6.53. The van der Waals surface area contributed by atoms with Crippen molar-refractivity contribution in [2.45, 2.75) is 31.2 Å². The van der Waals surface area contributed by atoms with E-state index in [1.807, 2.05) is 25.1 Å². The first kappa shape index (κ1) is 21.3. The first-order valence-corrected chi connectivity index (χ1v) is 10.6. The van der Waals surface area contributed by atoms with Gasteiger partial charge in [-0.1, -0.05) is 39.8 Å². The number of anilines is 1. The topological polar surface area (TPSA) is 74.8 Å². The fraction of sp³-hybridized carbons (Fsp3) is 0.190. The van der Waals surface area contributed by atoms with Gasteiger partial charge in [0.05, 0.1) is 6.42 Å². The number of amides is 1. The molecule has 1 aromatic heterocycles. The summed E-state index contributed by atoms with van der Waals surface area (Å²) in [5.74, 6) is -0.0228. The number of nitrogens with one attached hydrogen (secondary N) is 2. The van der Waals surface area contributed by atoms with Crippen LogP contribution in [-0.2, 0) is 17.0 Å². The molecule has 0 radical (unpaired) electrons. The lowest BCUT2D eigenvalue weighted by molar-refractivity contribution is -0.115. The Labute approximate surface area is 180 Å². The molecule has 0 aliphatic carbocycles. The molecule has 2 N–H and O–H groups in total. The van der Waals surface area contributed by atoms with Crippen molar-refractivity contribution in [1.29, 1.82) is 0 Å². The molecule has 5 nitrogen and oxygen atoms in total. The molecule has 0 saturated heterocycles.